The molecule has 2 N–H and O–H groups in total. The molecule has 0 saturated heterocycles. The van der Waals surface area contributed by atoms with Gasteiger partial charge < -0.3 is 4.74 Å². The topological polar surface area (TPSA) is 52.3 Å². The van der Waals surface area contributed by atoms with Gasteiger partial charge in [-0.2, -0.15) is 4.39 Å². The first-order valence-electron chi connectivity index (χ1n) is 3.83. The van der Waals surface area contributed by atoms with Crippen molar-refractivity contribution in [3.8, 4) is 0 Å². The Morgan fingerprint density at radius 1 is 1.54 bits per heavy atom. The second kappa shape index (κ2) is 2.29. The van der Waals surface area contributed by atoms with E-state index in [1.54, 1.807) is 12.1 Å². The van der Waals surface area contributed by atoms with Crippen molar-refractivity contribution in [2.45, 2.75) is 12.9 Å². The number of aryl methyl sites for hydroxylation is 1. The van der Waals surface area contributed by atoms with Gasteiger partial charge in [0.25, 0.3) is 0 Å². The highest BCUT2D eigenvalue weighted by molar-refractivity contribution is 5.94. The molecule has 3 nitrogen and oxygen atoms in total. The maximum absolute atomic E-state index is 13.3. The van der Waals surface area contributed by atoms with E-state index in [0.717, 1.165) is 5.56 Å². The zero-order chi connectivity index (χ0) is 9.64. The van der Waals surface area contributed by atoms with E-state index >= 15 is 0 Å². The van der Waals surface area contributed by atoms with Crippen molar-refractivity contribution in [3.05, 3.63) is 34.9 Å². The second-order valence-corrected chi connectivity index (χ2v) is 3.08. The third kappa shape index (κ3) is 1.10. The molecule has 0 bridgehead atoms. The Balaban J connectivity index is 2.66. The van der Waals surface area contributed by atoms with Crippen LogP contribution in [0.2, 0.25) is 0 Å². The summed E-state index contributed by atoms with van der Waals surface area (Å²) >= 11 is 0. The van der Waals surface area contributed by atoms with E-state index in [1.165, 1.54) is 6.07 Å². The van der Waals surface area contributed by atoms with Gasteiger partial charge in [-0.3, -0.25) is 5.73 Å². The summed E-state index contributed by atoms with van der Waals surface area (Å²) in [6.07, 6.45) is 0. The summed E-state index contributed by atoms with van der Waals surface area (Å²) in [7, 11) is 0. The fourth-order valence-corrected chi connectivity index (χ4v) is 1.37. The molecule has 0 aromatic heterocycles. The fraction of sp³-hybridized carbons (Fsp3) is 0.222. The summed E-state index contributed by atoms with van der Waals surface area (Å²) in [6, 6.07) is 4.71. The molecular formula is C9H8FNO2. The minimum Gasteiger partial charge on any atom is -0.407 e. The summed E-state index contributed by atoms with van der Waals surface area (Å²) in [6.45, 7) is 1.81. The number of alkyl halides is 1. The monoisotopic (exact) mass is 181 g/mol. The Morgan fingerprint density at radius 3 is 2.92 bits per heavy atom. The van der Waals surface area contributed by atoms with E-state index in [-0.39, 0.29) is 11.1 Å². The number of benzene rings is 1. The summed E-state index contributed by atoms with van der Waals surface area (Å²) in [5.41, 5.74) is 6.30. The fourth-order valence-electron chi connectivity index (χ4n) is 1.37. The average Bonchev–Trinajstić information content (AvgIpc) is 2.22. The molecule has 13 heavy (non-hydrogen) atoms. The lowest BCUT2D eigenvalue weighted by Crippen LogP contribution is -2.30. The van der Waals surface area contributed by atoms with Gasteiger partial charge in [0, 0.05) is 0 Å². The lowest BCUT2D eigenvalue weighted by atomic mass is 10.1. The number of cyclic esters (lactones) is 1. The highest BCUT2D eigenvalue weighted by atomic mass is 19.2. The third-order valence-electron chi connectivity index (χ3n) is 2.00. The van der Waals surface area contributed by atoms with E-state index in [4.69, 9.17) is 5.73 Å². The van der Waals surface area contributed by atoms with Crippen molar-refractivity contribution in [2.75, 3.05) is 0 Å². The van der Waals surface area contributed by atoms with E-state index in [1.807, 2.05) is 6.92 Å². The van der Waals surface area contributed by atoms with Crippen molar-refractivity contribution in [2.24, 2.45) is 5.73 Å². The van der Waals surface area contributed by atoms with Gasteiger partial charge in [0.05, 0.1) is 11.1 Å². The molecule has 1 aliphatic heterocycles. The minimum atomic E-state index is -2.46. The van der Waals surface area contributed by atoms with Crippen molar-refractivity contribution in [1.29, 1.82) is 0 Å². The van der Waals surface area contributed by atoms with Crippen LogP contribution < -0.4 is 5.73 Å². The molecule has 68 valence electrons. The Hall–Kier alpha value is -1.42. The molecule has 2 rings (SSSR count). The molecule has 0 aliphatic carbocycles. The Labute approximate surface area is 74.3 Å². The lowest BCUT2D eigenvalue weighted by molar-refractivity contribution is -0.0924. The zero-order valence-electron chi connectivity index (χ0n) is 7.00. The Morgan fingerprint density at radius 2 is 2.23 bits per heavy atom. The van der Waals surface area contributed by atoms with Crippen LogP contribution in [0.15, 0.2) is 18.2 Å². The van der Waals surface area contributed by atoms with Crippen molar-refractivity contribution < 1.29 is 13.9 Å². The number of esters is 1. The van der Waals surface area contributed by atoms with Gasteiger partial charge in [0.1, 0.15) is 0 Å². The van der Waals surface area contributed by atoms with Crippen LogP contribution in [0.1, 0.15) is 21.5 Å². The predicted octanol–water partition coefficient (Wildman–Crippen LogP) is 1.20. The van der Waals surface area contributed by atoms with Crippen LogP contribution >= 0.6 is 0 Å². The predicted molar refractivity (Wildman–Crippen MR) is 43.6 cm³/mol. The third-order valence-corrected chi connectivity index (χ3v) is 2.00. The lowest BCUT2D eigenvalue weighted by Gasteiger charge is -2.11. The maximum Gasteiger partial charge on any atom is 0.342 e. The smallest absolute Gasteiger partial charge is 0.342 e. The normalized spacial score (nSPS) is 25.6. The van der Waals surface area contributed by atoms with Crippen LogP contribution in [0.25, 0.3) is 0 Å². The number of carbonyl (C=O) groups is 1. The summed E-state index contributed by atoms with van der Waals surface area (Å²) in [5, 5.41) is 0. The first-order chi connectivity index (χ1) is 6.00. The molecule has 0 saturated carbocycles. The number of hydrogen-bond acceptors (Lipinski definition) is 3. The molecule has 1 aromatic rings. The van der Waals surface area contributed by atoms with Gasteiger partial charge in [-0.1, -0.05) is 11.6 Å². The number of ether oxygens (including phenoxy) is 1. The van der Waals surface area contributed by atoms with Crippen LogP contribution in [-0.4, -0.2) is 5.97 Å². The van der Waals surface area contributed by atoms with Gasteiger partial charge in [0.2, 0.25) is 0 Å². The second-order valence-electron chi connectivity index (χ2n) is 3.08. The van der Waals surface area contributed by atoms with Crippen LogP contribution in [0.3, 0.4) is 0 Å². The molecule has 1 aromatic carbocycles. The average molecular weight is 181 g/mol. The summed E-state index contributed by atoms with van der Waals surface area (Å²) in [4.78, 5) is 11.1. The minimum absolute atomic E-state index is 0.100. The Kier molecular flexibility index (Phi) is 1.44. The van der Waals surface area contributed by atoms with Crippen molar-refractivity contribution in [1.82, 2.24) is 0 Å². The maximum atomic E-state index is 13.3. The van der Waals surface area contributed by atoms with Crippen molar-refractivity contribution >= 4 is 5.97 Å². The SMILES string of the molecule is Cc1ccc2c(c1)C(=O)OC2(N)F. The van der Waals surface area contributed by atoms with Gasteiger partial charge in [0.15, 0.2) is 0 Å². The molecule has 0 amide bonds. The summed E-state index contributed by atoms with van der Waals surface area (Å²) in [5.74, 6) is -3.16. The molecule has 0 spiro atoms. The first-order valence-corrected chi connectivity index (χ1v) is 3.83. The highest BCUT2D eigenvalue weighted by Gasteiger charge is 2.42. The summed E-state index contributed by atoms with van der Waals surface area (Å²) < 4.78 is 17.7. The van der Waals surface area contributed by atoms with Crippen LogP contribution in [0, 0.1) is 6.92 Å². The largest absolute Gasteiger partial charge is 0.407 e. The number of hydrogen-bond donors (Lipinski definition) is 1. The van der Waals surface area contributed by atoms with Gasteiger partial charge in [-0.25, -0.2) is 4.79 Å². The van der Waals surface area contributed by atoms with Crippen LogP contribution in [0.4, 0.5) is 4.39 Å². The number of nitrogens with two attached hydrogens (primary N) is 1. The molecule has 1 unspecified atom stereocenters. The Bertz CT molecular complexity index is 387. The highest BCUT2D eigenvalue weighted by Crippen LogP contribution is 2.33. The van der Waals surface area contributed by atoms with E-state index in [2.05, 4.69) is 4.74 Å². The quantitative estimate of drug-likeness (QED) is 0.483. The molecule has 1 aliphatic rings. The molecule has 0 fully saturated rings. The van der Waals surface area contributed by atoms with E-state index < -0.39 is 11.9 Å². The number of fused-ring (bicyclic) bond motifs is 1. The van der Waals surface area contributed by atoms with Gasteiger partial charge in [-0.15, -0.1) is 0 Å². The van der Waals surface area contributed by atoms with Crippen LogP contribution in [-0.2, 0) is 10.7 Å². The van der Waals surface area contributed by atoms with Gasteiger partial charge in [-0.05, 0) is 19.1 Å². The number of halogens is 1. The zero-order valence-corrected chi connectivity index (χ0v) is 7.00. The molecule has 1 heterocycles. The molecule has 0 radical (unpaired) electrons. The number of carbonyl (C=O) groups excluding carboxylic acids is 1. The number of rotatable bonds is 0. The standard InChI is InChI=1S/C9H8FNO2/c1-5-2-3-7-6(4-5)8(12)13-9(7,10)11/h2-4H,11H2,1H3. The molecule has 1 atom stereocenters. The van der Waals surface area contributed by atoms with Crippen molar-refractivity contribution in [3.63, 3.8) is 0 Å². The van der Waals surface area contributed by atoms with E-state index in [0.29, 0.717) is 0 Å². The van der Waals surface area contributed by atoms with Crippen LogP contribution in [0.5, 0.6) is 0 Å². The first kappa shape index (κ1) is 8.19. The molecule has 4 heteroatoms. The van der Waals surface area contributed by atoms with Gasteiger partial charge >= 0.3 is 11.9 Å². The molecular weight excluding hydrogens is 173 g/mol. The van der Waals surface area contributed by atoms with E-state index in [9.17, 15) is 9.18 Å².